The van der Waals surface area contributed by atoms with E-state index in [4.69, 9.17) is 4.74 Å². The molecule has 0 saturated carbocycles. The molecule has 164 valence electrons. The molecule has 0 radical (unpaired) electrons. The third kappa shape index (κ3) is 3.04. The normalized spacial score (nSPS) is 29.0. The van der Waals surface area contributed by atoms with Crippen molar-refractivity contribution in [2.75, 3.05) is 4.90 Å². The minimum absolute atomic E-state index is 0.0975. The lowest BCUT2D eigenvalue weighted by molar-refractivity contribution is 0.131. The molecule has 4 atom stereocenters. The second-order valence-corrected chi connectivity index (χ2v) is 11.5. The molecule has 0 aliphatic carbocycles. The maximum Gasteiger partial charge on any atom is 0.128 e. The van der Waals surface area contributed by atoms with Gasteiger partial charge in [-0.05, 0) is 40.3 Å². The first-order valence-corrected chi connectivity index (χ1v) is 13.5. The number of benzene rings is 3. The predicted octanol–water partition coefficient (Wildman–Crippen LogP) is 6.65. The van der Waals surface area contributed by atoms with E-state index in [-0.39, 0.29) is 11.6 Å². The maximum atomic E-state index is 6.82. The molecule has 4 heteroatoms. The number of nitrogens with zero attached hydrogens (tertiary/aromatic N) is 1. The van der Waals surface area contributed by atoms with Crippen molar-refractivity contribution in [3.63, 3.8) is 0 Å². The van der Waals surface area contributed by atoms with Gasteiger partial charge in [-0.15, -0.1) is 23.5 Å². The maximum absolute atomic E-state index is 6.82. The molecule has 4 aliphatic rings. The number of hydrogen-bond donors (Lipinski definition) is 0. The van der Waals surface area contributed by atoms with E-state index in [0.29, 0.717) is 10.6 Å². The summed E-state index contributed by atoms with van der Waals surface area (Å²) < 4.78 is 6.82. The molecule has 2 nitrogen and oxygen atoms in total. The Balaban J connectivity index is 1.38. The summed E-state index contributed by atoms with van der Waals surface area (Å²) in [6, 6.07) is 26.6. The Kier molecular flexibility index (Phi) is 4.66. The van der Waals surface area contributed by atoms with Crippen LogP contribution in [-0.4, -0.2) is 22.3 Å². The fraction of sp³-hybridized carbons (Fsp3) is 0.241. The summed E-state index contributed by atoms with van der Waals surface area (Å²) in [6.45, 7) is 0. The number of allylic oxidation sites excluding steroid dienone is 2. The Bertz CT molecular complexity index is 1230. The number of fused-ring (bicyclic) bond motifs is 3. The van der Waals surface area contributed by atoms with Gasteiger partial charge in [0.15, 0.2) is 0 Å². The molecule has 0 N–H and O–H groups in total. The highest BCUT2D eigenvalue weighted by molar-refractivity contribution is 8.03. The van der Waals surface area contributed by atoms with Gasteiger partial charge in [-0.25, -0.2) is 0 Å². The summed E-state index contributed by atoms with van der Waals surface area (Å²) in [6.07, 6.45) is 9.91. The van der Waals surface area contributed by atoms with Crippen LogP contribution in [0, 0.1) is 0 Å². The molecule has 0 aromatic heterocycles. The second-order valence-electron chi connectivity index (χ2n) is 9.24. The van der Waals surface area contributed by atoms with Crippen molar-refractivity contribution in [3.05, 3.63) is 113 Å². The first-order valence-electron chi connectivity index (χ1n) is 11.7. The van der Waals surface area contributed by atoms with Gasteiger partial charge in [0, 0.05) is 29.8 Å². The Morgan fingerprint density at radius 1 is 0.818 bits per heavy atom. The van der Waals surface area contributed by atoms with Crippen LogP contribution in [0.15, 0.2) is 101 Å². The van der Waals surface area contributed by atoms with Crippen LogP contribution >= 0.6 is 23.5 Å². The summed E-state index contributed by atoms with van der Waals surface area (Å²) in [4.78, 5) is 4.19. The van der Waals surface area contributed by atoms with Crippen LogP contribution in [0.4, 0.5) is 5.69 Å². The van der Waals surface area contributed by atoms with Crippen LogP contribution in [-0.2, 0) is 19.3 Å². The molecular formula is C29H25NOS2. The van der Waals surface area contributed by atoms with Gasteiger partial charge in [-0.3, -0.25) is 0 Å². The van der Waals surface area contributed by atoms with Crippen LogP contribution in [0.1, 0.15) is 16.7 Å². The number of hydrogen-bond acceptors (Lipinski definition) is 4. The molecule has 33 heavy (non-hydrogen) atoms. The van der Waals surface area contributed by atoms with Crippen LogP contribution in [0.2, 0.25) is 0 Å². The van der Waals surface area contributed by atoms with E-state index in [9.17, 15) is 0 Å². The summed E-state index contributed by atoms with van der Waals surface area (Å²) >= 11 is 3.97. The molecule has 4 aliphatic heterocycles. The van der Waals surface area contributed by atoms with Crippen LogP contribution in [0.5, 0.6) is 5.75 Å². The van der Waals surface area contributed by atoms with Crippen molar-refractivity contribution in [1.29, 1.82) is 0 Å². The lowest BCUT2D eigenvalue weighted by Gasteiger charge is -2.50. The smallest absolute Gasteiger partial charge is 0.128 e. The second kappa shape index (κ2) is 7.75. The zero-order valence-electron chi connectivity index (χ0n) is 18.3. The van der Waals surface area contributed by atoms with E-state index in [1.54, 1.807) is 0 Å². The standard InChI is InChI=1S/C29H25NOS2/c1-4-12-23-22(11-1)19-29(27-15-7-8-16-32-27,26-17-20-9-2-5-13-24(20)31-26)30(23)28-18-21-10-3-6-14-25(21)33-28/h1-16,26-28H,17-19H2. The van der Waals surface area contributed by atoms with E-state index >= 15 is 0 Å². The van der Waals surface area contributed by atoms with Gasteiger partial charge in [0.25, 0.3) is 0 Å². The predicted molar refractivity (Wildman–Crippen MR) is 139 cm³/mol. The Hall–Kier alpha value is -2.56. The average Bonchev–Trinajstić information content (AvgIpc) is 3.57. The molecule has 3 aromatic carbocycles. The van der Waals surface area contributed by atoms with E-state index in [1.165, 1.54) is 27.3 Å². The van der Waals surface area contributed by atoms with Gasteiger partial charge in [0.05, 0.1) is 16.2 Å². The summed E-state index contributed by atoms with van der Waals surface area (Å²) in [5.41, 5.74) is 5.46. The first-order chi connectivity index (χ1) is 16.3. The fourth-order valence-corrected chi connectivity index (χ4v) is 8.61. The monoisotopic (exact) mass is 467 g/mol. The third-order valence-corrected chi connectivity index (χ3v) is 9.96. The van der Waals surface area contributed by atoms with Crippen molar-refractivity contribution in [2.24, 2.45) is 0 Å². The molecule has 7 rings (SSSR count). The van der Waals surface area contributed by atoms with Gasteiger partial charge in [-0.1, -0.05) is 72.8 Å². The topological polar surface area (TPSA) is 12.5 Å². The number of rotatable bonds is 3. The highest BCUT2D eigenvalue weighted by Crippen LogP contribution is 2.55. The SMILES string of the molecule is C1=CSC(C2(C3Cc4ccccc4O3)Cc3ccccc3N2C2Cc3ccccc3S2)C=C1. The lowest BCUT2D eigenvalue weighted by atomic mass is 9.81. The van der Waals surface area contributed by atoms with Gasteiger partial charge in [0.2, 0.25) is 0 Å². The highest BCUT2D eigenvalue weighted by Gasteiger charge is 2.58. The number of anilines is 1. The largest absolute Gasteiger partial charge is 0.487 e. The molecule has 0 fully saturated rings. The molecule has 4 unspecified atom stereocenters. The van der Waals surface area contributed by atoms with Gasteiger partial charge in [0.1, 0.15) is 11.9 Å². The summed E-state index contributed by atoms with van der Waals surface area (Å²) in [5.74, 6) is 1.06. The number of para-hydroxylation sites is 2. The molecular weight excluding hydrogens is 442 g/mol. The first kappa shape index (κ1) is 19.9. The quantitative estimate of drug-likeness (QED) is 0.427. The van der Waals surface area contributed by atoms with E-state index in [0.717, 1.165) is 25.0 Å². The van der Waals surface area contributed by atoms with E-state index < -0.39 is 0 Å². The Morgan fingerprint density at radius 2 is 1.61 bits per heavy atom. The molecule has 0 bridgehead atoms. The zero-order valence-corrected chi connectivity index (χ0v) is 19.9. The molecule has 3 aromatic rings. The van der Waals surface area contributed by atoms with Crippen molar-refractivity contribution < 1.29 is 4.74 Å². The molecule has 0 amide bonds. The van der Waals surface area contributed by atoms with Gasteiger partial charge < -0.3 is 9.64 Å². The Labute approximate surface area is 203 Å². The van der Waals surface area contributed by atoms with Crippen LogP contribution in [0.25, 0.3) is 0 Å². The molecule has 4 heterocycles. The van der Waals surface area contributed by atoms with Gasteiger partial charge >= 0.3 is 0 Å². The minimum atomic E-state index is -0.158. The van der Waals surface area contributed by atoms with Crippen molar-refractivity contribution in [1.82, 2.24) is 0 Å². The van der Waals surface area contributed by atoms with Crippen molar-refractivity contribution in [3.8, 4) is 5.75 Å². The van der Waals surface area contributed by atoms with E-state index in [2.05, 4.69) is 101 Å². The molecule has 0 spiro atoms. The fourth-order valence-electron chi connectivity index (χ4n) is 6.06. The van der Waals surface area contributed by atoms with Crippen LogP contribution in [0.3, 0.4) is 0 Å². The lowest BCUT2D eigenvalue weighted by Crippen LogP contribution is -2.65. The van der Waals surface area contributed by atoms with E-state index in [1.807, 2.05) is 23.5 Å². The van der Waals surface area contributed by atoms with Crippen molar-refractivity contribution in [2.45, 2.75) is 46.4 Å². The third-order valence-electron chi connectivity index (χ3n) is 7.49. The highest BCUT2D eigenvalue weighted by atomic mass is 32.2. The number of thioether (sulfide) groups is 2. The number of ether oxygens (including phenoxy) is 1. The van der Waals surface area contributed by atoms with Gasteiger partial charge in [-0.2, -0.15) is 0 Å². The minimum Gasteiger partial charge on any atom is -0.487 e. The Morgan fingerprint density at radius 3 is 2.42 bits per heavy atom. The average molecular weight is 468 g/mol. The summed E-state index contributed by atoms with van der Waals surface area (Å²) in [7, 11) is 0. The molecule has 0 saturated heterocycles. The van der Waals surface area contributed by atoms with Crippen molar-refractivity contribution >= 4 is 29.2 Å². The van der Waals surface area contributed by atoms with Crippen LogP contribution < -0.4 is 9.64 Å². The summed E-state index contributed by atoms with van der Waals surface area (Å²) in [5, 5.41) is 2.93. The zero-order chi connectivity index (χ0) is 21.8.